The van der Waals surface area contributed by atoms with Crippen molar-refractivity contribution in [2.45, 2.75) is 85.9 Å². The number of fused-ring (bicyclic) bond motifs is 1. The number of carbonyl (C=O) groups excluding carboxylic acids is 3. The lowest BCUT2D eigenvalue weighted by molar-refractivity contribution is -0.141. The molecule has 2 atom stereocenters. The van der Waals surface area contributed by atoms with Crippen LogP contribution in [-0.4, -0.2) is 41.0 Å². The van der Waals surface area contributed by atoms with E-state index in [2.05, 4.69) is 24.5 Å². The highest BCUT2D eigenvalue weighted by Gasteiger charge is 2.35. The second kappa shape index (κ2) is 13.7. The molecule has 2 N–H and O–H groups in total. The number of nitrogens with one attached hydrogen (secondary N) is 2. The third-order valence-electron chi connectivity index (χ3n) is 6.81. The minimum atomic E-state index is -0.907. The normalized spacial score (nSPS) is 13.0. The highest BCUT2D eigenvalue weighted by molar-refractivity contribution is 6.00. The van der Waals surface area contributed by atoms with E-state index in [4.69, 9.17) is 4.74 Å². The van der Waals surface area contributed by atoms with Gasteiger partial charge in [0.15, 0.2) is 0 Å². The van der Waals surface area contributed by atoms with E-state index in [0.717, 1.165) is 33.9 Å². The Balaban J connectivity index is 2.01. The topological polar surface area (TPSA) is 87.7 Å². The Morgan fingerprint density at radius 3 is 2.10 bits per heavy atom. The number of nitrogens with zero attached hydrogens (tertiary/aromatic N) is 1. The maximum atomic E-state index is 14.2. The van der Waals surface area contributed by atoms with Gasteiger partial charge >= 0.3 is 6.09 Å². The van der Waals surface area contributed by atoms with Crippen molar-refractivity contribution >= 4 is 34.4 Å². The van der Waals surface area contributed by atoms with Crippen molar-refractivity contribution in [2.75, 3.05) is 11.9 Å². The molecule has 3 aromatic carbocycles. The molecule has 3 rings (SSSR count). The summed E-state index contributed by atoms with van der Waals surface area (Å²) in [7, 11) is 0. The first kappa shape index (κ1) is 31.7. The molecule has 7 nitrogen and oxygen atoms in total. The van der Waals surface area contributed by atoms with Crippen LogP contribution in [0.4, 0.5) is 10.5 Å². The van der Waals surface area contributed by atoms with Gasteiger partial charge in [0.2, 0.25) is 5.91 Å². The van der Waals surface area contributed by atoms with Crippen LogP contribution < -0.4 is 10.6 Å². The van der Waals surface area contributed by atoms with E-state index in [0.29, 0.717) is 18.0 Å². The zero-order valence-corrected chi connectivity index (χ0v) is 25.7. The summed E-state index contributed by atoms with van der Waals surface area (Å²) >= 11 is 0. The Morgan fingerprint density at radius 2 is 1.49 bits per heavy atom. The lowest BCUT2D eigenvalue weighted by Gasteiger charge is -2.37. The summed E-state index contributed by atoms with van der Waals surface area (Å²) < 4.78 is 5.35. The molecule has 0 aliphatic heterocycles. The quantitative estimate of drug-likeness (QED) is 0.273. The summed E-state index contributed by atoms with van der Waals surface area (Å²) in [5, 5.41) is 7.75. The molecule has 7 heteroatoms. The summed E-state index contributed by atoms with van der Waals surface area (Å²) in [6.07, 6.45) is 0.917. The van der Waals surface area contributed by atoms with Gasteiger partial charge in [0.05, 0.1) is 0 Å². The first-order valence-corrected chi connectivity index (χ1v) is 14.4. The van der Waals surface area contributed by atoms with Crippen molar-refractivity contribution in [1.29, 1.82) is 0 Å². The Hall–Kier alpha value is -3.87. The van der Waals surface area contributed by atoms with Gasteiger partial charge in [0, 0.05) is 11.7 Å². The minimum absolute atomic E-state index is 0.265. The van der Waals surface area contributed by atoms with Crippen LogP contribution in [0.15, 0.2) is 60.7 Å². The number of carbonyl (C=O) groups is 3. The number of aryl methyl sites for hydroxylation is 2. The second-order valence-electron chi connectivity index (χ2n) is 12.4. The van der Waals surface area contributed by atoms with Crippen molar-refractivity contribution in [2.24, 2.45) is 5.92 Å². The van der Waals surface area contributed by atoms with E-state index in [-0.39, 0.29) is 24.4 Å². The molecular weight excluding hydrogens is 514 g/mol. The Labute approximate surface area is 244 Å². The van der Waals surface area contributed by atoms with Gasteiger partial charge in [-0.2, -0.15) is 0 Å². The van der Waals surface area contributed by atoms with E-state index in [9.17, 15) is 14.4 Å². The standard InChI is InChI=1S/C34H45N3O4/c1-22(2)13-14-25(5)37(30(38)21-35-33(40)41-34(6,7)8)31(28-18-23(3)17-24(4)19-28)32(39)36-29-16-15-26-11-9-10-12-27(26)20-29/h9-12,15-20,22,25,31H,13-14,21H2,1-8H3,(H,35,40)(H,36,39). The first-order valence-electron chi connectivity index (χ1n) is 14.4. The lowest BCUT2D eigenvalue weighted by atomic mass is 9.95. The predicted molar refractivity (Wildman–Crippen MR) is 166 cm³/mol. The van der Waals surface area contributed by atoms with Gasteiger partial charge in [-0.25, -0.2) is 4.79 Å². The van der Waals surface area contributed by atoms with Crippen molar-refractivity contribution in [3.63, 3.8) is 0 Å². The Kier molecular flexibility index (Phi) is 10.5. The summed E-state index contributed by atoms with van der Waals surface area (Å²) in [6, 6.07) is 18.5. The van der Waals surface area contributed by atoms with Gasteiger partial charge in [-0.1, -0.05) is 73.5 Å². The number of amides is 3. The number of benzene rings is 3. The van der Waals surface area contributed by atoms with Crippen LogP contribution in [0.3, 0.4) is 0 Å². The van der Waals surface area contributed by atoms with Gasteiger partial charge in [0.25, 0.3) is 5.91 Å². The molecule has 0 aromatic heterocycles. The number of hydrogen-bond donors (Lipinski definition) is 2. The van der Waals surface area contributed by atoms with Gasteiger partial charge in [-0.15, -0.1) is 0 Å². The molecule has 0 radical (unpaired) electrons. The Morgan fingerprint density at radius 1 is 0.854 bits per heavy atom. The fourth-order valence-corrected chi connectivity index (χ4v) is 4.99. The molecular formula is C34H45N3O4. The van der Waals surface area contributed by atoms with Crippen LogP contribution in [0, 0.1) is 19.8 Å². The zero-order chi connectivity index (χ0) is 30.3. The van der Waals surface area contributed by atoms with Crippen LogP contribution in [0.5, 0.6) is 0 Å². The number of hydrogen-bond acceptors (Lipinski definition) is 4. The van der Waals surface area contributed by atoms with Crippen LogP contribution in [0.1, 0.15) is 77.1 Å². The Bertz CT molecular complexity index is 1360. The molecule has 3 aromatic rings. The molecule has 0 aliphatic rings. The molecule has 0 fully saturated rings. The molecule has 3 amide bonds. The number of ether oxygens (including phenoxy) is 1. The summed E-state index contributed by atoms with van der Waals surface area (Å²) in [6.45, 7) is 15.2. The fraction of sp³-hybridized carbons (Fsp3) is 0.441. The third kappa shape index (κ3) is 9.34. The highest BCUT2D eigenvalue weighted by atomic mass is 16.6. The van der Waals surface area contributed by atoms with E-state index in [1.54, 1.807) is 25.7 Å². The van der Waals surface area contributed by atoms with Crippen LogP contribution >= 0.6 is 0 Å². The van der Waals surface area contributed by atoms with Crippen molar-refractivity contribution < 1.29 is 19.1 Å². The molecule has 0 heterocycles. The number of rotatable bonds is 10. The van der Waals surface area contributed by atoms with Gasteiger partial charge < -0.3 is 20.3 Å². The third-order valence-corrected chi connectivity index (χ3v) is 6.81. The van der Waals surface area contributed by atoms with Crippen LogP contribution in [0.25, 0.3) is 10.8 Å². The van der Waals surface area contributed by atoms with Crippen LogP contribution in [0.2, 0.25) is 0 Å². The number of alkyl carbamates (subject to hydrolysis) is 1. The van der Waals surface area contributed by atoms with E-state index in [1.165, 1.54) is 0 Å². The molecule has 0 saturated heterocycles. The molecule has 2 unspecified atom stereocenters. The predicted octanol–water partition coefficient (Wildman–Crippen LogP) is 7.31. The molecule has 41 heavy (non-hydrogen) atoms. The van der Waals surface area contributed by atoms with Gasteiger partial charge in [0.1, 0.15) is 18.2 Å². The van der Waals surface area contributed by atoms with Crippen LogP contribution in [-0.2, 0) is 14.3 Å². The van der Waals surface area contributed by atoms with E-state index >= 15 is 0 Å². The maximum Gasteiger partial charge on any atom is 0.408 e. The zero-order valence-electron chi connectivity index (χ0n) is 25.7. The van der Waals surface area contributed by atoms with E-state index in [1.807, 2.05) is 81.4 Å². The van der Waals surface area contributed by atoms with Gasteiger partial charge in [-0.05, 0) is 88.8 Å². The second-order valence-corrected chi connectivity index (χ2v) is 12.4. The van der Waals surface area contributed by atoms with Gasteiger partial charge in [-0.3, -0.25) is 9.59 Å². The van der Waals surface area contributed by atoms with Crippen molar-refractivity contribution in [3.05, 3.63) is 77.4 Å². The summed E-state index contributed by atoms with van der Waals surface area (Å²) in [5.41, 5.74) is 2.67. The van der Waals surface area contributed by atoms with Crippen molar-refractivity contribution in [3.8, 4) is 0 Å². The molecule has 0 saturated carbocycles. The SMILES string of the molecule is Cc1cc(C)cc(C(C(=O)Nc2ccc3ccccc3c2)N(C(=O)CNC(=O)OC(C)(C)C)C(C)CCC(C)C)c1. The number of anilines is 1. The average molecular weight is 560 g/mol. The monoisotopic (exact) mass is 559 g/mol. The summed E-state index contributed by atoms with van der Waals surface area (Å²) in [4.78, 5) is 42.1. The maximum absolute atomic E-state index is 14.2. The molecule has 0 bridgehead atoms. The summed E-state index contributed by atoms with van der Waals surface area (Å²) in [5.74, 6) is -0.238. The molecule has 0 aliphatic carbocycles. The molecule has 220 valence electrons. The fourth-order valence-electron chi connectivity index (χ4n) is 4.99. The highest BCUT2D eigenvalue weighted by Crippen LogP contribution is 2.30. The average Bonchev–Trinajstić information content (AvgIpc) is 2.87. The smallest absolute Gasteiger partial charge is 0.408 e. The first-order chi connectivity index (χ1) is 19.2. The molecule has 0 spiro atoms. The lowest BCUT2D eigenvalue weighted by Crippen LogP contribution is -2.50. The van der Waals surface area contributed by atoms with Crippen molar-refractivity contribution in [1.82, 2.24) is 10.2 Å². The largest absolute Gasteiger partial charge is 0.444 e. The van der Waals surface area contributed by atoms with E-state index < -0.39 is 17.7 Å². The minimum Gasteiger partial charge on any atom is -0.444 e.